The van der Waals surface area contributed by atoms with E-state index in [2.05, 4.69) is 15.2 Å². The zero-order chi connectivity index (χ0) is 21.7. The molecule has 0 bridgehead atoms. The van der Waals surface area contributed by atoms with Crippen LogP contribution >= 0.6 is 22.7 Å². The Kier molecular flexibility index (Phi) is 6.91. The van der Waals surface area contributed by atoms with Gasteiger partial charge in [0.1, 0.15) is 16.1 Å². The first-order chi connectivity index (χ1) is 14.5. The van der Waals surface area contributed by atoms with Gasteiger partial charge in [-0.1, -0.05) is 41.7 Å². The topological polar surface area (TPSA) is 116 Å². The average molecular weight is 445 g/mol. The molecule has 0 saturated carbocycles. The summed E-state index contributed by atoms with van der Waals surface area (Å²) >= 11 is 2.21. The highest BCUT2D eigenvalue weighted by molar-refractivity contribution is 7.19. The van der Waals surface area contributed by atoms with Gasteiger partial charge in [0, 0.05) is 5.56 Å². The van der Waals surface area contributed by atoms with E-state index in [0.29, 0.717) is 26.3 Å². The fourth-order valence-corrected chi connectivity index (χ4v) is 4.36. The molecule has 1 aromatic carbocycles. The number of aromatic nitrogens is 1. The number of nitrogens with zero attached hydrogens (tertiary/aromatic N) is 3. The molecule has 0 atom stereocenters. The van der Waals surface area contributed by atoms with Crippen molar-refractivity contribution in [3.63, 3.8) is 0 Å². The summed E-state index contributed by atoms with van der Waals surface area (Å²) in [7, 11) is 0. The summed E-state index contributed by atoms with van der Waals surface area (Å²) in [6.45, 7) is 5.51. The number of thiophene rings is 1. The zero-order valence-corrected chi connectivity index (χ0v) is 18.3. The van der Waals surface area contributed by atoms with Crippen molar-refractivity contribution < 1.29 is 19.1 Å². The number of benzene rings is 1. The van der Waals surface area contributed by atoms with Crippen LogP contribution in [-0.4, -0.2) is 30.1 Å². The number of thiazole rings is 1. The summed E-state index contributed by atoms with van der Waals surface area (Å²) in [6.07, 6.45) is 0. The van der Waals surface area contributed by atoms with Gasteiger partial charge >= 0.3 is 11.9 Å². The molecule has 0 saturated heterocycles. The van der Waals surface area contributed by atoms with Crippen LogP contribution < -0.4 is 5.73 Å². The summed E-state index contributed by atoms with van der Waals surface area (Å²) in [5.41, 5.74) is 7.98. The summed E-state index contributed by atoms with van der Waals surface area (Å²) < 4.78 is 10.2. The molecule has 2 heterocycles. The third-order valence-corrected chi connectivity index (χ3v) is 5.90. The molecule has 156 valence electrons. The number of anilines is 1. The number of esters is 2. The molecule has 0 aliphatic carbocycles. The molecular weight excluding hydrogens is 424 g/mol. The third-order valence-electron chi connectivity index (χ3n) is 3.97. The maximum Gasteiger partial charge on any atom is 0.348 e. The Labute approximate surface area is 181 Å². The monoisotopic (exact) mass is 444 g/mol. The Morgan fingerprint density at radius 3 is 2.30 bits per heavy atom. The smallest absolute Gasteiger partial charge is 0.348 e. The van der Waals surface area contributed by atoms with Crippen LogP contribution in [0.1, 0.15) is 39.4 Å². The number of nitrogens with two attached hydrogens (primary N) is 1. The van der Waals surface area contributed by atoms with Gasteiger partial charge in [-0.05, 0) is 26.3 Å². The Bertz CT molecular complexity index is 1090. The summed E-state index contributed by atoms with van der Waals surface area (Å²) in [6, 6.07) is 9.46. The Morgan fingerprint density at radius 2 is 1.63 bits per heavy atom. The van der Waals surface area contributed by atoms with Crippen molar-refractivity contribution in [1.29, 1.82) is 0 Å². The zero-order valence-electron chi connectivity index (χ0n) is 16.7. The second kappa shape index (κ2) is 9.59. The highest BCUT2D eigenvalue weighted by atomic mass is 32.1. The van der Waals surface area contributed by atoms with E-state index in [1.54, 1.807) is 20.8 Å². The predicted octanol–water partition coefficient (Wildman–Crippen LogP) is 5.53. The molecule has 0 aliphatic rings. The Balaban J connectivity index is 2.04. The van der Waals surface area contributed by atoms with Crippen molar-refractivity contribution in [3.8, 4) is 11.3 Å². The average Bonchev–Trinajstić information content (AvgIpc) is 3.27. The SMILES string of the molecule is CCOC(=O)c1sc(/N=N\c2sc(N)nc2-c2ccccc2)c(C(=O)OCC)c1C. The molecule has 8 nitrogen and oxygen atoms in total. The molecule has 0 unspecified atom stereocenters. The van der Waals surface area contributed by atoms with E-state index >= 15 is 0 Å². The van der Waals surface area contributed by atoms with Crippen LogP contribution in [0.25, 0.3) is 11.3 Å². The molecule has 2 N–H and O–H groups in total. The number of nitrogen functional groups attached to an aromatic ring is 1. The van der Waals surface area contributed by atoms with Gasteiger partial charge in [-0.15, -0.1) is 21.6 Å². The molecule has 0 spiro atoms. The summed E-state index contributed by atoms with van der Waals surface area (Å²) in [5, 5.41) is 9.65. The van der Waals surface area contributed by atoms with Gasteiger partial charge in [-0.2, -0.15) is 0 Å². The molecule has 3 aromatic rings. The predicted molar refractivity (Wildman–Crippen MR) is 117 cm³/mol. The van der Waals surface area contributed by atoms with Gasteiger partial charge in [0.05, 0.1) is 13.2 Å². The first-order valence-electron chi connectivity index (χ1n) is 9.17. The van der Waals surface area contributed by atoms with Gasteiger partial charge in [0.15, 0.2) is 15.1 Å². The molecule has 0 aliphatic heterocycles. The van der Waals surface area contributed by atoms with Crippen molar-refractivity contribution in [2.75, 3.05) is 18.9 Å². The Hall–Kier alpha value is -3.11. The second-order valence-corrected chi connectivity index (χ2v) is 7.96. The molecule has 0 radical (unpaired) electrons. The third kappa shape index (κ3) is 4.55. The highest BCUT2D eigenvalue weighted by Gasteiger charge is 2.26. The largest absolute Gasteiger partial charge is 0.462 e. The van der Waals surface area contributed by atoms with Crippen LogP contribution in [0.2, 0.25) is 0 Å². The molecule has 10 heteroatoms. The number of hydrogen-bond donors (Lipinski definition) is 1. The molecule has 0 fully saturated rings. The van der Waals surface area contributed by atoms with Crippen LogP contribution in [0.5, 0.6) is 0 Å². The lowest BCUT2D eigenvalue weighted by Crippen LogP contribution is -2.08. The van der Waals surface area contributed by atoms with E-state index in [9.17, 15) is 9.59 Å². The quantitative estimate of drug-likeness (QED) is 0.378. The van der Waals surface area contributed by atoms with Gasteiger partial charge in [0.2, 0.25) is 0 Å². The van der Waals surface area contributed by atoms with Crippen molar-refractivity contribution in [2.45, 2.75) is 20.8 Å². The van der Waals surface area contributed by atoms with Crippen molar-refractivity contribution in [1.82, 2.24) is 4.98 Å². The second-order valence-electron chi connectivity index (χ2n) is 5.95. The van der Waals surface area contributed by atoms with Crippen LogP contribution in [-0.2, 0) is 9.47 Å². The summed E-state index contributed by atoms with van der Waals surface area (Å²) in [5.74, 6) is -1.08. The van der Waals surface area contributed by atoms with E-state index in [4.69, 9.17) is 15.2 Å². The lowest BCUT2D eigenvalue weighted by molar-refractivity contribution is 0.0527. The molecular formula is C20H20N4O4S2. The number of rotatable bonds is 7. The van der Waals surface area contributed by atoms with Crippen LogP contribution in [0.3, 0.4) is 0 Å². The van der Waals surface area contributed by atoms with Crippen LogP contribution in [0.15, 0.2) is 40.6 Å². The minimum Gasteiger partial charge on any atom is -0.462 e. The maximum atomic E-state index is 12.5. The fourth-order valence-electron chi connectivity index (χ4n) is 2.67. The molecule has 0 amide bonds. The first-order valence-corrected chi connectivity index (χ1v) is 10.8. The lowest BCUT2D eigenvalue weighted by atomic mass is 10.1. The standard InChI is InChI=1S/C20H20N4O4S2/c1-4-27-18(25)13-11(3)15(19(26)28-5-2)29-16(13)23-24-17-14(22-20(21)30-17)12-9-7-6-8-10-12/h6-10H,4-5H2,1-3H3,(H2,21,22)/b24-23-. The number of carbonyl (C=O) groups is 2. The van der Waals surface area contributed by atoms with Crippen molar-refractivity contribution in [3.05, 3.63) is 46.3 Å². The molecule has 2 aromatic heterocycles. The first kappa shape index (κ1) is 21.6. The van der Waals surface area contributed by atoms with Crippen LogP contribution in [0, 0.1) is 6.92 Å². The number of azo groups is 1. The van der Waals surface area contributed by atoms with Gasteiger partial charge < -0.3 is 15.2 Å². The van der Waals surface area contributed by atoms with Crippen molar-refractivity contribution in [2.24, 2.45) is 10.2 Å². The van der Waals surface area contributed by atoms with E-state index in [1.165, 1.54) is 11.3 Å². The minimum absolute atomic E-state index is 0.197. The van der Waals surface area contributed by atoms with E-state index in [1.807, 2.05) is 30.3 Å². The van der Waals surface area contributed by atoms with E-state index in [-0.39, 0.29) is 23.8 Å². The lowest BCUT2D eigenvalue weighted by Gasteiger charge is -2.03. The van der Waals surface area contributed by atoms with Gasteiger partial charge in [-0.25, -0.2) is 14.6 Å². The van der Waals surface area contributed by atoms with E-state index < -0.39 is 11.9 Å². The van der Waals surface area contributed by atoms with Crippen LogP contribution in [0.4, 0.5) is 15.1 Å². The summed E-state index contributed by atoms with van der Waals surface area (Å²) in [4.78, 5) is 29.4. The van der Waals surface area contributed by atoms with E-state index in [0.717, 1.165) is 16.9 Å². The van der Waals surface area contributed by atoms with Crippen molar-refractivity contribution >= 4 is 49.7 Å². The fraction of sp³-hybridized carbons (Fsp3) is 0.250. The minimum atomic E-state index is -0.567. The number of hydrogen-bond acceptors (Lipinski definition) is 10. The number of ether oxygens (including phenoxy) is 2. The highest BCUT2D eigenvalue weighted by Crippen LogP contribution is 2.41. The van der Waals surface area contributed by atoms with Gasteiger partial charge in [-0.3, -0.25) is 0 Å². The van der Waals surface area contributed by atoms with Gasteiger partial charge in [0.25, 0.3) is 0 Å². The number of carbonyl (C=O) groups excluding carboxylic acids is 2. The maximum absolute atomic E-state index is 12.5. The molecule has 3 rings (SSSR count). The Morgan fingerprint density at radius 1 is 1.00 bits per heavy atom. The molecule has 30 heavy (non-hydrogen) atoms. The normalized spacial score (nSPS) is 11.0.